The maximum absolute atomic E-state index is 13.5. The molecule has 0 saturated carbocycles. The van der Waals surface area contributed by atoms with E-state index in [4.69, 9.17) is 9.72 Å². The van der Waals surface area contributed by atoms with Crippen molar-refractivity contribution >= 4 is 38.2 Å². The molecule has 2 aromatic carbocycles. The van der Waals surface area contributed by atoms with E-state index < -0.39 is 21.7 Å². The Morgan fingerprint density at radius 3 is 2.50 bits per heavy atom. The van der Waals surface area contributed by atoms with Gasteiger partial charge < -0.3 is 19.3 Å². The van der Waals surface area contributed by atoms with Crippen molar-refractivity contribution < 1.29 is 23.1 Å². The molecule has 0 spiro atoms. The third-order valence-electron chi connectivity index (χ3n) is 6.95. The van der Waals surface area contributed by atoms with Crippen LogP contribution < -0.4 is 0 Å². The number of ether oxygens (including phenoxy) is 1. The number of benzene rings is 2. The molecule has 6 rings (SSSR count). The molecule has 1 saturated heterocycles. The van der Waals surface area contributed by atoms with Crippen LogP contribution >= 0.6 is 0 Å². The zero-order valence-corrected chi connectivity index (χ0v) is 23.2. The molecule has 1 unspecified atom stereocenters. The molecule has 3 aromatic heterocycles. The van der Waals surface area contributed by atoms with Gasteiger partial charge in [0.05, 0.1) is 28.2 Å². The van der Waals surface area contributed by atoms with Gasteiger partial charge in [0.25, 0.3) is 10.0 Å². The van der Waals surface area contributed by atoms with Crippen LogP contribution in [0.5, 0.6) is 5.75 Å². The first kappa shape index (κ1) is 25.9. The number of fused-ring (bicyclic) bond motifs is 3. The van der Waals surface area contributed by atoms with Crippen LogP contribution in [0.4, 0.5) is 4.79 Å². The molecule has 5 aromatic rings. The minimum absolute atomic E-state index is 0.0643. The molecule has 1 N–H and O–H groups in total. The van der Waals surface area contributed by atoms with Crippen molar-refractivity contribution in [2.24, 2.45) is 0 Å². The number of hydrogen-bond donors (Lipinski definition) is 1. The normalized spacial score (nSPS) is 16.2. The Morgan fingerprint density at radius 2 is 1.77 bits per heavy atom. The van der Waals surface area contributed by atoms with E-state index in [1.54, 1.807) is 65.7 Å². The molecular formula is C29H29N5O5S. The molecule has 1 fully saturated rings. The predicted octanol–water partition coefficient (Wildman–Crippen LogP) is 5.18. The Balaban J connectivity index is 1.53. The van der Waals surface area contributed by atoms with Gasteiger partial charge in [0, 0.05) is 24.7 Å². The average Bonchev–Trinajstić information content (AvgIpc) is 3.64. The predicted molar refractivity (Wildman–Crippen MR) is 151 cm³/mol. The third-order valence-corrected chi connectivity index (χ3v) is 8.63. The maximum atomic E-state index is 13.5. The number of pyridine rings is 1. The smallest absolute Gasteiger partial charge is 0.410 e. The Kier molecular flexibility index (Phi) is 6.06. The highest BCUT2D eigenvalue weighted by Gasteiger charge is 2.34. The maximum Gasteiger partial charge on any atom is 0.410 e. The largest absolute Gasteiger partial charge is 0.507 e. The van der Waals surface area contributed by atoms with Crippen molar-refractivity contribution in [3.05, 3.63) is 73.1 Å². The van der Waals surface area contributed by atoms with Gasteiger partial charge in [-0.25, -0.2) is 27.2 Å². The van der Waals surface area contributed by atoms with Crippen LogP contribution in [0, 0.1) is 0 Å². The molecule has 1 amide bonds. The number of phenolic OH excluding ortho intramolecular Hbond substituents is 1. The van der Waals surface area contributed by atoms with Gasteiger partial charge in [-0.3, -0.25) is 0 Å². The highest BCUT2D eigenvalue weighted by atomic mass is 32.2. The fraction of sp³-hybridized carbons (Fsp3) is 0.276. The van der Waals surface area contributed by atoms with E-state index in [9.17, 15) is 18.3 Å². The summed E-state index contributed by atoms with van der Waals surface area (Å²) in [6.07, 6.45) is 3.28. The second-order valence-electron chi connectivity index (χ2n) is 10.9. The Labute approximate surface area is 231 Å². The summed E-state index contributed by atoms with van der Waals surface area (Å²) in [6, 6.07) is 16.6. The zero-order valence-electron chi connectivity index (χ0n) is 22.4. The van der Waals surface area contributed by atoms with Crippen LogP contribution in [0.25, 0.3) is 33.5 Å². The molecule has 4 heterocycles. The van der Waals surface area contributed by atoms with Crippen molar-refractivity contribution in [2.45, 2.75) is 43.7 Å². The first-order valence-corrected chi connectivity index (χ1v) is 14.4. The summed E-state index contributed by atoms with van der Waals surface area (Å²) < 4.78 is 35.8. The first-order valence-electron chi connectivity index (χ1n) is 13.0. The molecule has 40 heavy (non-hydrogen) atoms. The number of rotatable bonds is 4. The zero-order chi connectivity index (χ0) is 28.2. The van der Waals surface area contributed by atoms with Gasteiger partial charge in [0.2, 0.25) is 0 Å². The van der Waals surface area contributed by atoms with E-state index in [1.807, 2.05) is 31.4 Å². The van der Waals surface area contributed by atoms with E-state index >= 15 is 0 Å². The van der Waals surface area contributed by atoms with Crippen LogP contribution in [0.15, 0.2) is 78.0 Å². The van der Waals surface area contributed by atoms with Crippen molar-refractivity contribution in [2.75, 3.05) is 13.1 Å². The van der Waals surface area contributed by atoms with Crippen molar-refractivity contribution in [1.29, 1.82) is 0 Å². The second-order valence-corrected chi connectivity index (χ2v) is 12.7. The molecular weight excluding hydrogens is 530 g/mol. The van der Waals surface area contributed by atoms with Crippen LogP contribution in [-0.2, 0) is 14.8 Å². The number of likely N-dealkylation sites (tertiary alicyclic amines) is 1. The number of imidazole rings is 1. The number of hydrogen-bond acceptors (Lipinski definition) is 7. The molecule has 1 aliphatic rings. The quantitative estimate of drug-likeness (QED) is 0.322. The van der Waals surface area contributed by atoms with Crippen molar-refractivity contribution in [3.63, 3.8) is 0 Å². The fourth-order valence-electron chi connectivity index (χ4n) is 5.20. The molecule has 1 aliphatic heterocycles. The lowest BCUT2D eigenvalue weighted by atomic mass is 10.1. The standard InChI is InChI=1S/C29H29N5O5S/c1-29(2,3)39-28(36)32-15-13-19(18-32)34-25-22-14-16-33(40(37,38)20-9-5-4-6-10-20)26(22)30-17-23(25)31-27(34)21-11-7-8-12-24(21)35/h4-12,14,16-17,19,35H,13,15,18H2,1-3H3. The Morgan fingerprint density at radius 1 is 1.05 bits per heavy atom. The first-order chi connectivity index (χ1) is 19.0. The molecule has 0 aliphatic carbocycles. The Hall–Kier alpha value is -4.38. The Bertz CT molecular complexity index is 1850. The number of phenols is 1. The molecule has 0 bridgehead atoms. The monoisotopic (exact) mass is 559 g/mol. The molecule has 1 atom stereocenters. The summed E-state index contributed by atoms with van der Waals surface area (Å²) in [6.45, 7) is 6.34. The lowest BCUT2D eigenvalue weighted by Crippen LogP contribution is -2.35. The number of amides is 1. The summed E-state index contributed by atoms with van der Waals surface area (Å²) in [5.41, 5.74) is 1.41. The molecule has 206 valence electrons. The van der Waals surface area contributed by atoms with Crippen LogP contribution in [0.1, 0.15) is 33.2 Å². The van der Waals surface area contributed by atoms with Crippen LogP contribution in [0.3, 0.4) is 0 Å². The number of carbonyl (C=O) groups excluding carboxylic acids is 1. The number of para-hydroxylation sites is 1. The summed E-state index contributed by atoms with van der Waals surface area (Å²) in [4.78, 5) is 24.0. The number of aromatic nitrogens is 4. The summed E-state index contributed by atoms with van der Waals surface area (Å²) in [5.74, 6) is 0.576. The molecule has 11 heteroatoms. The van der Waals surface area contributed by atoms with E-state index in [0.29, 0.717) is 47.3 Å². The van der Waals surface area contributed by atoms with E-state index in [-0.39, 0.29) is 22.3 Å². The number of nitrogens with zero attached hydrogens (tertiary/aromatic N) is 5. The summed E-state index contributed by atoms with van der Waals surface area (Å²) in [5, 5.41) is 11.3. The minimum atomic E-state index is -3.90. The molecule has 10 nitrogen and oxygen atoms in total. The van der Waals surface area contributed by atoms with Gasteiger partial charge >= 0.3 is 6.09 Å². The van der Waals surface area contributed by atoms with Gasteiger partial charge in [-0.05, 0) is 57.5 Å². The van der Waals surface area contributed by atoms with Crippen LogP contribution in [-0.4, -0.2) is 61.7 Å². The second kappa shape index (κ2) is 9.37. The lowest BCUT2D eigenvalue weighted by Gasteiger charge is -2.25. The third kappa shape index (κ3) is 4.36. The van der Waals surface area contributed by atoms with E-state index in [2.05, 4.69) is 4.98 Å². The minimum Gasteiger partial charge on any atom is -0.507 e. The lowest BCUT2D eigenvalue weighted by molar-refractivity contribution is 0.0289. The van der Waals surface area contributed by atoms with Gasteiger partial charge in [0.15, 0.2) is 5.65 Å². The van der Waals surface area contributed by atoms with E-state index in [0.717, 1.165) is 0 Å². The molecule has 0 radical (unpaired) electrons. The van der Waals surface area contributed by atoms with E-state index in [1.165, 1.54) is 10.2 Å². The van der Waals surface area contributed by atoms with Crippen molar-refractivity contribution in [3.8, 4) is 17.1 Å². The van der Waals surface area contributed by atoms with Crippen molar-refractivity contribution in [1.82, 2.24) is 23.4 Å². The van der Waals surface area contributed by atoms with Gasteiger partial charge in [-0.1, -0.05) is 30.3 Å². The average molecular weight is 560 g/mol. The van der Waals surface area contributed by atoms with Gasteiger partial charge in [-0.2, -0.15) is 0 Å². The number of aromatic hydroxyl groups is 1. The topological polar surface area (TPSA) is 120 Å². The highest BCUT2D eigenvalue weighted by molar-refractivity contribution is 7.90. The van der Waals surface area contributed by atoms with Gasteiger partial charge in [-0.15, -0.1) is 0 Å². The summed E-state index contributed by atoms with van der Waals surface area (Å²) in [7, 11) is -3.90. The number of carbonyl (C=O) groups is 1. The summed E-state index contributed by atoms with van der Waals surface area (Å²) >= 11 is 0. The van der Waals surface area contributed by atoms with Gasteiger partial charge in [0.1, 0.15) is 22.7 Å². The van der Waals surface area contributed by atoms with Crippen LogP contribution in [0.2, 0.25) is 0 Å². The fourth-order valence-corrected chi connectivity index (χ4v) is 6.52. The highest BCUT2D eigenvalue weighted by Crippen LogP contribution is 2.39. The SMILES string of the molecule is CC(C)(C)OC(=O)N1CCC(n2c(-c3ccccc3O)nc3cnc4c(ccn4S(=O)(=O)c4ccccc4)c32)C1.